The molecule has 0 unspecified atom stereocenters. The van der Waals surface area contributed by atoms with Crippen molar-refractivity contribution in [2.45, 2.75) is 40.5 Å². The topological polar surface area (TPSA) is 17.1 Å². The van der Waals surface area contributed by atoms with Crippen LogP contribution in [0.25, 0.3) is 0 Å². The van der Waals surface area contributed by atoms with Gasteiger partial charge in [-0.15, -0.1) is 0 Å². The third-order valence-corrected chi connectivity index (χ3v) is 2.31. The molecule has 0 heterocycles. The van der Waals surface area contributed by atoms with Gasteiger partial charge in [-0.05, 0) is 32.1 Å². The Hall–Kier alpha value is -0.850. The maximum absolute atomic E-state index is 10.9. The van der Waals surface area contributed by atoms with Gasteiger partial charge in [0.1, 0.15) is 5.78 Å². The van der Waals surface area contributed by atoms with Crippen LogP contribution in [0.1, 0.15) is 40.5 Å². The van der Waals surface area contributed by atoms with Crippen LogP contribution in [0.4, 0.5) is 0 Å². The van der Waals surface area contributed by atoms with Gasteiger partial charge in [-0.1, -0.05) is 38.2 Å². The normalized spacial score (nSPS) is 13.5. The minimum atomic E-state index is 0.277. The van der Waals surface area contributed by atoms with E-state index in [1.165, 1.54) is 0 Å². The molecule has 0 amide bonds. The van der Waals surface area contributed by atoms with Crippen molar-refractivity contribution in [3.05, 3.63) is 24.3 Å². The molecule has 80 valence electrons. The Morgan fingerprint density at radius 2 is 1.93 bits per heavy atom. The Balaban J connectivity index is 4.16. The fourth-order valence-electron chi connectivity index (χ4n) is 1.31. The van der Waals surface area contributed by atoms with Gasteiger partial charge in [0.05, 0.1) is 0 Å². The average Bonchev–Trinajstić information content (AvgIpc) is 2.02. The van der Waals surface area contributed by atoms with Crippen molar-refractivity contribution in [3.63, 3.8) is 0 Å². The van der Waals surface area contributed by atoms with E-state index in [2.05, 4.69) is 26.5 Å². The summed E-state index contributed by atoms with van der Waals surface area (Å²) in [6, 6.07) is 0. The summed E-state index contributed by atoms with van der Waals surface area (Å²) in [6.45, 7) is 11.8. The summed E-state index contributed by atoms with van der Waals surface area (Å²) in [7, 11) is 0. The highest BCUT2D eigenvalue weighted by Gasteiger charge is 2.10. The van der Waals surface area contributed by atoms with Crippen LogP contribution < -0.4 is 0 Å². The molecule has 14 heavy (non-hydrogen) atoms. The summed E-state index contributed by atoms with van der Waals surface area (Å²) in [5.74, 6) is 1.36. The van der Waals surface area contributed by atoms with E-state index < -0.39 is 0 Å². The molecule has 0 saturated carbocycles. The second-order valence-corrected chi connectivity index (χ2v) is 4.35. The fraction of sp³-hybridized carbons (Fsp3) is 0.615. The molecule has 0 radical (unpaired) electrons. The zero-order chi connectivity index (χ0) is 11.1. The second kappa shape index (κ2) is 6.58. The van der Waals surface area contributed by atoms with Gasteiger partial charge in [0.15, 0.2) is 0 Å². The Morgan fingerprint density at radius 3 is 2.29 bits per heavy atom. The van der Waals surface area contributed by atoms with Crippen LogP contribution in [0.2, 0.25) is 0 Å². The van der Waals surface area contributed by atoms with Crippen molar-refractivity contribution in [1.29, 1.82) is 0 Å². The minimum absolute atomic E-state index is 0.277. The maximum atomic E-state index is 10.9. The van der Waals surface area contributed by atoms with Gasteiger partial charge in [0.25, 0.3) is 0 Å². The van der Waals surface area contributed by atoms with Gasteiger partial charge in [-0.3, -0.25) is 0 Å². The van der Waals surface area contributed by atoms with Crippen molar-refractivity contribution < 1.29 is 4.79 Å². The standard InChI is InChI=1S/C13H22O/c1-10(2)6-8-13(11(3)4)9-7-12(5)14/h6,8,11,13H,1,7,9H2,2-5H3/b8-6-/t13-/m0/s1. The van der Waals surface area contributed by atoms with E-state index in [-0.39, 0.29) is 5.78 Å². The molecule has 0 aromatic heterocycles. The highest BCUT2D eigenvalue weighted by molar-refractivity contribution is 5.75. The van der Waals surface area contributed by atoms with Crippen molar-refractivity contribution >= 4 is 5.78 Å². The number of hydrogen-bond donors (Lipinski definition) is 0. The number of ketones is 1. The number of carbonyl (C=O) groups is 1. The maximum Gasteiger partial charge on any atom is 0.129 e. The van der Waals surface area contributed by atoms with Gasteiger partial charge >= 0.3 is 0 Å². The lowest BCUT2D eigenvalue weighted by atomic mass is 9.90. The lowest BCUT2D eigenvalue weighted by Crippen LogP contribution is -2.07. The summed E-state index contributed by atoms with van der Waals surface area (Å²) in [6.07, 6.45) is 5.86. The van der Waals surface area contributed by atoms with E-state index in [9.17, 15) is 4.79 Å². The van der Waals surface area contributed by atoms with Crippen molar-refractivity contribution in [3.8, 4) is 0 Å². The first kappa shape index (κ1) is 13.2. The molecule has 0 rings (SSSR count). The summed E-state index contributed by atoms with van der Waals surface area (Å²) in [5.41, 5.74) is 1.07. The summed E-state index contributed by atoms with van der Waals surface area (Å²) < 4.78 is 0. The summed E-state index contributed by atoms with van der Waals surface area (Å²) >= 11 is 0. The molecule has 1 heteroatoms. The van der Waals surface area contributed by atoms with Crippen LogP contribution in [-0.4, -0.2) is 5.78 Å². The molecule has 0 aromatic rings. The first-order chi connectivity index (χ1) is 6.43. The fourth-order valence-corrected chi connectivity index (χ4v) is 1.31. The molecule has 0 fully saturated rings. The van der Waals surface area contributed by atoms with E-state index in [0.29, 0.717) is 18.3 Å². The average molecular weight is 194 g/mol. The molecule has 1 nitrogen and oxygen atoms in total. The van der Waals surface area contributed by atoms with Gasteiger partial charge in [-0.25, -0.2) is 0 Å². The quantitative estimate of drug-likeness (QED) is 0.588. The molecule has 0 bridgehead atoms. The van der Waals surface area contributed by atoms with E-state index in [1.54, 1.807) is 6.92 Å². The lowest BCUT2D eigenvalue weighted by molar-refractivity contribution is -0.117. The molecule has 0 saturated heterocycles. The first-order valence-corrected chi connectivity index (χ1v) is 5.26. The SMILES string of the molecule is C=C(C)/C=C\[C@@H](CCC(C)=O)C(C)C. The molecular weight excluding hydrogens is 172 g/mol. The first-order valence-electron chi connectivity index (χ1n) is 5.26. The largest absolute Gasteiger partial charge is 0.300 e. The van der Waals surface area contributed by atoms with Crippen LogP contribution in [0.15, 0.2) is 24.3 Å². The highest BCUT2D eigenvalue weighted by atomic mass is 16.1. The van der Waals surface area contributed by atoms with E-state index >= 15 is 0 Å². The van der Waals surface area contributed by atoms with Crippen LogP contribution in [0.5, 0.6) is 0 Å². The lowest BCUT2D eigenvalue weighted by Gasteiger charge is -2.15. The monoisotopic (exact) mass is 194 g/mol. The second-order valence-electron chi connectivity index (χ2n) is 4.35. The van der Waals surface area contributed by atoms with Crippen LogP contribution in [0.3, 0.4) is 0 Å². The number of allylic oxidation sites excluding steroid dienone is 3. The third kappa shape index (κ3) is 6.64. The molecule has 0 N–H and O–H groups in total. The summed E-state index contributed by atoms with van der Waals surface area (Å²) in [5, 5.41) is 0. The number of rotatable bonds is 6. The zero-order valence-corrected chi connectivity index (χ0v) is 9.84. The van der Waals surface area contributed by atoms with Gasteiger partial charge in [-0.2, -0.15) is 0 Å². The van der Waals surface area contributed by atoms with E-state index in [4.69, 9.17) is 0 Å². The predicted molar refractivity (Wildman–Crippen MR) is 62.2 cm³/mol. The number of hydrogen-bond acceptors (Lipinski definition) is 1. The van der Waals surface area contributed by atoms with Gasteiger partial charge < -0.3 is 4.79 Å². The molecule has 0 aliphatic carbocycles. The van der Waals surface area contributed by atoms with Gasteiger partial charge in [0, 0.05) is 6.42 Å². The zero-order valence-electron chi connectivity index (χ0n) is 9.84. The molecule has 0 aromatic carbocycles. The Bertz CT molecular complexity index is 223. The third-order valence-electron chi connectivity index (χ3n) is 2.31. The van der Waals surface area contributed by atoms with Crippen molar-refractivity contribution in [2.24, 2.45) is 11.8 Å². The van der Waals surface area contributed by atoms with Crippen LogP contribution >= 0.6 is 0 Å². The minimum Gasteiger partial charge on any atom is -0.300 e. The van der Waals surface area contributed by atoms with Crippen molar-refractivity contribution in [2.75, 3.05) is 0 Å². The molecule has 0 spiro atoms. The highest BCUT2D eigenvalue weighted by Crippen LogP contribution is 2.19. The number of carbonyl (C=O) groups excluding carboxylic acids is 1. The Morgan fingerprint density at radius 1 is 1.36 bits per heavy atom. The van der Waals surface area contributed by atoms with E-state index in [0.717, 1.165) is 12.0 Å². The Kier molecular flexibility index (Phi) is 6.18. The number of Topliss-reactive ketones (excluding diaryl/α,β-unsaturated/α-hetero) is 1. The molecule has 0 aliphatic rings. The summed E-state index contributed by atoms with van der Waals surface area (Å²) in [4.78, 5) is 10.9. The Labute approximate surface area is 87.9 Å². The van der Waals surface area contributed by atoms with Crippen LogP contribution in [-0.2, 0) is 4.79 Å². The molecule has 1 atom stereocenters. The van der Waals surface area contributed by atoms with Crippen LogP contribution in [0, 0.1) is 11.8 Å². The predicted octanol–water partition coefficient (Wildman–Crippen LogP) is 3.76. The molecule has 0 aliphatic heterocycles. The van der Waals surface area contributed by atoms with Gasteiger partial charge in [0.2, 0.25) is 0 Å². The van der Waals surface area contributed by atoms with Crippen molar-refractivity contribution in [1.82, 2.24) is 0 Å². The van der Waals surface area contributed by atoms with E-state index in [1.807, 2.05) is 13.0 Å². The smallest absolute Gasteiger partial charge is 0.129 e. The molecular formula is C13H22O.